The standard InChI is InChI=1S/C55H31N5OS/c1-2-14-33-29-47-40(27-32(33)13-1)37-17-5-8-20-44(37)59(47)48-31-50-41(38-18-6-11-23-49(38)61-50)30-43(48)54-56-53(34-25-26-52-42(28-34)39-19-7-12-24-51(39)62-52)57-55(58-54)60-45-21-9-3-15-35(45)36-16-4-10-22-46(36)60/h1-31H. The molecule has 0 radical (unpaired) electrons. The molecule has 9 aromatic carbocycles. The first-order chi connectivity index (χ1) is 30.7. The first kappa shape index (κ1) is 33.7. The molecule has 0 aliphatic heterocycles. The Kier molecular flexibility index (Phi) is 6.89. The summed E-state index contributed by atoms with van der Waals surface area (Å²) in [5.74, 6) is 1.71. The number of para-hydroxylation sites is 4. The molecular formula is C55H31N5OS. The van der Waals surface area contributed by atoms with Crippen molar-refractivity contribution >= 4 is 108 Å². The smallest absolute Gasteiger partial charge is 0.238 e. The van der Waals surface area contributed by atoms with Crippen molar-refractivity contribution in [2.24, 2.45) is 0 Å². The molecule has 288 valence electrons. The van der Waals surface area contributed by atoms with E-state index in [1.54, 1.807) is 11.3 Å². The molecule has 5 aromatic heterocycles. The van der Waals surface area contributed by atoms with Crippen molar-refractivity contribution in [3.63, 3.8) is 0 Å². The van der Waals surface area contributed by atoms with Gasteiger partial charge in [-0.3, -0.25) is 4.57 Å². The number of hydrogen-bond acceptors (Lipinski definition) is 5. The fourth-order valence-corrected chi connectivity index (χ4v) is 10.8. The monoisotopic (exact) mass is 809 g/mol. The molecule has 0 unspecified atom stereocenters. The van der Waals surface area contributed by atoms with Crippen molar-refractivity contribution in [3.8, 4) is 34.4 Å². The third kappa shape index (κ3) is 4.82. The molecule has 0 aliphatic carbocycles. The van der Waals surface area contributed by atoms with Crippen LogP contribution in [0.25, 0.3) is 131 Å². The number of fused-ring (bicyclic) bond motifs is 13. The molecule has 0 saturated heterocycles. The van der Waals surface area contributed by atoms with Crippen LogP contribution in [-0.4, -0.2) is 24.1 Å². The molecule has 7 heteroatoms. The van der Waals surface area contributed by atoms with Gasteiger partial charge in [-0.2, -0.15) is 9.97 Å². The van der Waals surface area contributed by atoms with Crippen LogP contribution in [0.3, 0.4) is 0 Å². The maximum Gasteiger partial charge on any atom is 0.238 e. The van der Waals surface area contributed by atoms with E-state index in [1.807, 2.05) is 12.1 Å². The lowest BCUT2D eigenvalue weighted by Gasteiger charge is -2.16. The summed E-state index contributed by atoms with van der Waals surface area (Å²) in [6.45, 7) is 0. The van der Waals surface area contributed by atoms with Crippen LogP contribution in [0.4, 0.5) is 0 Å². The van der Waals surface area contributed by atoms with Crippen LogP contribution in [0.5, 0.6) is 0 Å². The van der Waals surface area contributed by atoms with Crippen LogP contribution in [0, 0.1) is 0 Å². The van der Waals surface area contributed by atoms with Crippen LogP contribution in [0.2, 0.25) is 0 Å². The topological polar surface area (TPSA) is 61.7 Å². The van der Waals surface area contributed by atoms with Gasteiger partial charge in [0.25, 0.3) is 0 Å². The maximum atomic E-state index is 6.65. The molecule has 14 aromatic rings. The number of thiophene rings is 1. The molecule has 0 N–H and O–H groups in total. The third-order valence-electron chi connectivity index (χ3n) is 12.6. The average molecular weight is 810 g/mol. The van der Waals surface area contributed by atoms with E-state index in [9.17, 15) is 0 Å². The van der Waals surface area contributed by atoms with Gasteiger partial charge in [0.05, 0.1) is 27.8 Å². The van der Waals surface area contributed by atoms with Gasteiger partial charge < -0.3 is 8.98 Å². The summed E-state index contributed by atoms with van der Waals surface area (Å²) >= 11 is 1.81. The summed E-state index contributed by atoms with van der Waals surface area (Å²) in [5, 5.41) is 11.4. The third-order valence-corrected chi connectivity index (χ3v) is 13.7. The van der Waals surface area contributed by atoms with Crippen LogP contribution in [-0.2, 0) is 0 Å². The van der Waals surface area contributed by atoms with E-state index in [0.717, 1.165) is 71.6 Å². The molecule has 0 aliphatic rings. The second-order valence-corrected chi connectivity index (χ2v) is 17.1. The summed E-state index contributed by atoms with van der Waals surface area (Å²) in [6, 6.07) is 66.7. The van der Waals surface area contributed by atoms with E-state index in [-0.39, 0.29) is 0 Å². The summed E-state index contributed by atoms with van der Waals surface area (Å²) in [4.78, 5) is 16.4. The fourth-order valence-electron chi connectivity index (χ4n) is 9.76. The summed E-state index contributed by atoms with van der Waals surface area (Å²) < 4.78 is 13.7. The normalized spacial score (nSPS) is 12.2. The highest BCUT2D eigenvalue weighted by atomic mass is 32.1. The van der Waals surface area contributed by atoms with Gasteiger partial charge in [-0.25, -0.2) is 4.98 Å². The van der Waals surface area contributed by atoms with Crippen molar-refractivity contribution < 1.29 is 4.42 Å². The minimum atomic E-state index is 0.550. The minimum absolute atomic E-state index is 0.550. The maximum absolute atomic E-state index is 6.65. The van der Waals surface area contributed by atoms with Gasteiger partial charge in [0.15, 0.2) is 11.6 Å². The SMILES string of the molecule is c1ccc2cc3c(cc2c1)c1ccccc1n3-c1cc2oc3ccccc3c2cc1-c1nc(-c2ccc3sc4ccccc4c3c2)nc(-n2c3ccccc3c3ccccc32)n1. The quantitative estimate of drug-likeness (QED) is 0.178. The Bertz CT molecular complexity index is 4130. The second kappa shape index (κ2) is 12.7. The number of rotatable bonds is 4. The Morgan fingerprint density at radius 3 is 1.74 bits per heavy atom. The van der Waals surface area contributed by atoms with E-state index in [2.05, 4.69) is 185 Å². The molecule has 0 spiro atoms. The number of furan rings is 1. The molecule has 0 fully saturated rings. The molecule has 6 nitrogen and oxygen atoms in total. The fraction of sp³-hybridized carbons (Fsp3) is 0. The van der Waals surface area contributed by atoms with Crippen molar-refractivity contribution in [2.75, 3.05) is 0 Å². The van der Waals surface area contributed by atoms with Gasteiger partial charge in [0.2, 0.25) is 5.95 Å². The number of aromatic nitrogens is 5. The molecular weight excluding hydrogens is 779 g/mol. The van der Waals surface area contributed by atoms with Crippen LogP contribution < -0.4 is 0 Å². The number of nitrogens with zero attached hydrogens (tertiary/aromatic N) is 5. The zero-order valence-electron chi connectivity index (χ0n) is 33.0. The molecule has 0 amide bonds. The van der Waals surface area contributed by atoms with Crippen LogP contribution in [0.1, 0.15) is 0 Å². The number of benzene rings is 9. The van der Waals surface area contributed by atoms with Crippen LogP contribution in [0.15, 0.2) is 192 Å². The van der Waals surface area contributed by atoms with Crippen molar-refractivity contribution in [2.45, 2.75) is 0 Å². The molecule has 0 atom stereocenters. The summed E-state index contributed by atoms with van der Waals surface area (Å²) in [5.41, 5.74) is 8.57. The van der Waals surface area contributed by atoms with Gasteiger partial charge >= 0.3 is 0 Å². The van der Waals surface area contributed by atoms with E-state index in [1.165, 1.54) is 41.7 Å². The lowest BCUT2D eigenvalue weighted by Crippen LogP contribution is -2.08. The van der Waals surface area contributed by atoms with Gasteiger partial charge in [0.1, 0.15) is 11.2 Å². The Balaban J connectivity index is 1.13. The molecule has 0 bridgehead atoms. The van der Waals surface area contributed by atoms with Crippen molar-refractivity contribution in [1.82, 2.24) is 24.1 Å². The van der Waals surface area contributed by atoms with E-state index >= 15 is 0 Å². The zero-order valence-corrected chi connectivity index (χ0v) is 33.8. The highest BCUT2D eigenvalue weighted by Gasteiger charge is 2.24. The minimum Gasteiger partial charge on any atom is -0.456 e. The van der Waals surface area contributed by atoms with Crippen molar-refractivity contribution in [3.05, 3.63) is 188 Å². The van der Waals surface area contributed by atoms with Gasteiger partial charge in [-0.05, 0) is 77.5 Å². The Morgan fingerprint density at radius 1 is 0.371 bits per heavy atom. The summed E-state index contributed by atoms with van der Waals surface area (Å²) in [7, 11) is 0. The molecule has 14 rings (SSSR count). The van der Waals surface area contributed by atoms with Gasteiger partial charge in [0, 0.05) is 69.7 Å². The van der Waals surface area contributed by atoms with Crippen LogP contribution >= 0.6 is 11.3 Å². The Labute approximate surface area is 357 Å². The Morgan fingerprint density at radius 2 is 0.968 bits per heavy atom. The summed E-state index contributed by atoms with van der Waals surface area (Å²) in [6.07, 6.45) is 0. The van der Waals surface area contributed by atoms with E-state index in [4.69, 9.17) is 19.4 Å². The first-order valence-electron chi connectivity index (χ1n) is 20.8. The molecule has 5 heterocycles. The van der Waals surface area contributed by atoms with Gasteiger partial charge in [-0.15, -0.1) is 11.3 Å². The predicted octanol–water partition coefficient (Wildman–Crippen LogP) is 14.8. The zero-order chi connectivity index (χ0) is 40.5. The van der Waals surface area contributed by atoms with E-state index in [0.29, 0.717) is 17.6 Å². The van der Waals surface area contributed by atoms with E-state index < -0.39 is 0 Å². The molecule has 62 heavy (non-hydrogen) atoms. The Hall–Kier alpha value is -8.13. The second-order valence-electron chi connectivity index (χ2n) is 16.0. The lowest BCUT2D eigenvalue weighted by atomic mass is 10.0. The molecule has 0 saturated carbocycles. The highest BCUT2D eigenvalue weighted by Crippen LogP contribution is 2.43. The predicted molar refractivity (Wildman–Crippen MR) is 257 cm³/mol. The highest BCUT2D eigenvalue weighted by molar-refractivity contribution is 7.25. The first-order valence-corrected chi connectivity index (χ1v) is 21.6. The lowest BCUT2D eigenvalue weighted by molar-refractivity contribution is 0.668. The van der Waals surface area contributed by atoms with Crippen molar-refractivity contribution in [1.29, 1.82) is 0 Å². The number of hydrogen-bond donors (Lipinski definition) is 0. The average Bonchev–Trinajstić information content (AvgIpc) is 4.07. The van der Waals surface area contributed by atoms with Gasteiger partial charge in [-0.1, -0.05) is 115 Å². The largest absolute Gasteiger partial charge is 0.456 e.